The smallest absolute Gasteiger partial charge is 0.337 e. The molecule has 0 aliphatic rings. The van der Waals surface area contributed by atoms with Gasteiger partial charge in [-0.25, -0.2) is 9.78 Å². The summed E-state index contributed by atoms with van der Waals surface area (Å²) < 4.78 is 0. The Morgan fingerprint density at radius 3 is 2.63 bits per heavy atom. The van der Waals surface area contributed by atoms with Crippen molar-refractivity contribution in [2.75, 3.05) is 5.32 Å². The van der Waals surface area contributed by atoms with E-state index in [0.717, 1.165) is 11.3 Å². The Bertz CT molecular complexity index is 645. The van der Waals surface area contributed by atoms with E-state index in [9.17, 15) is 4.79 Å². The van der Waals surface area contributed by atoms with Gasteiger partial charge in [-0.3, -0.25) is 0 Å². The van der Waals surface area contributed by atoms with Gasteiger partial charge in [-0.2, -0.15) is 0 Å². The van der Waals surface area contributed by atoms with Gasteiger partial charge in [0.2, 0.25) is 0 Å². The first-order valence-corrected chi connectivity index (χ1v) is 6.15. The van der Waals surface area contributed by atoms with Crippen molar-refractivity contribution in [3.05, 3.63) is 51.6 Å². The number of hydrogen-bond acceptors (Lipinski definition) is 3. The second-order valence-corrected chi connectivity index (χ2v) is 4.76. The highest BCUT2D eigenvalue weighted by molar-refractivity contribution is 6.33. The third kappa shape index (κ3) is 3.16. The van der Waals surface area contributed by atoms with Crippen molar-refractivity contribution >= 4 is 40.7 Å². The molecule has 2 aromatic rings. The first-order valence-electron chi connectivity index (χ1n) is 5.39. The summed E-state index contributed by atoms with van der Waals surface area (Å²) in [6.07, 6.45) is 1.29. The molecular weight excluding hydrogens is 287 g/mol. The number of hydrogen-bond donors (Lipinski definition) is 2. The topological polar surface area (TPSA) is 62.2 Å². The van der Waals surface area contributed by atoms with Crippen LogP contribution in [0.2, 0.25) is 10.0 Å². The lowest BCUT2D eigenvalue weighted by molar-refractivity contribution is 0.0697. The van der Waals surface area contributed by atoms with E-state index in [1.165, 1.54) is 12.3 Å². The van der Waals surface area contributed by atoms with Crippen LogP contribution < -0.4 is 5.32 Å². The zero-order valence-electron chi connectivity index (χ0n) is 9.95. The highest BCUT2D eigenvalue weighted by atomic mass is 35.5. The molecule has 2 rings (SSSR count). The summed E-state index contributed by atoms with van der Waals surface area (Å²) >= 11 is 11.8. The van der Waals surface area contributed by atoms with Crippen LogP contribution >= 0.6 is 23.2 Å². The van der Waals surface area contributed by atoms with E-state index < -0.39 is 5.97 Å². The Labute approximate surface area is 120 Å². The zero-order chi connectivity index (χ0) is 14.0. The van der Waals surface area contributed by atoms with E-state index in [4.69, 9.17) is 28.3 Å². The SMILES string of the molecule is Cc1ccc(Nc2cc(C(=O)O)c(Cl)cn2)cc1Cl. The minimum absolute atomic E-state index is 0.00243. The van der Waals surface area contributed by atoms with Crippen molar-refractivity contribution in [3.63, 3.8) is 0 Å². The first-order chi connectivity index (χ1) is 8.97. The Kier molecular flexibility index (Phi) is 3.93. The maximum absolute atomic E-state index is 11.0. The molecule has 98 valence electrons. The van der Waals surface area contributed by atoms with Crippen LogP contribution in [0.5, 0.6) is 0 Å². The van der Waals surface area contributed by atoms with E-state index in [-0.39, 0.29) is 10.6 Å². The predicted octanol–water partition coefficient (Wildman–Crippen LogP) is 4.14. The fourth-order valence-electron chi connectivity index (χ4n) is 1.49. The normalized spacial score (nSPS) is 10.3. The molecule has 0 amide bonds. The van der Waals surface area contributed by atoms with Crippen LogP contribution in [-0.2, 0) is 0 Å². The van der Waals surface area contributed by atoms with Gasteiger partial charge in [0.15, 0.2) is 0 Å². The highest BCUT2D eigenvalue weighted by Crippen LogP contribution is 2.24. The van der Waals surface area contributed by atoms with Gasteiger partial charge >= 0.3 is 5.97 Å². The molecule has 0 fully saturated rings. The van der Waals surface area contributed by atoms with Gasteiger partial charge in [0, 0.05) is 16.9 Å². The third-order valence-corrected chi connectivity index (χ3v) is 3.24. The fraction of sp³-hybridized carbons (Fsp3) is 0.0769. The number of benzene rings is 1. The number of aromatic carboxylic acids is 1. The average molecular weight is 297 g/mol. The summed E-state index contributed by atoms with van der Waals surface area (Å²) in [5, 5.41) is 12.7. The van der Waals surface area contributed by atoms with Crippen LogP contribution in [0.1, 0.15) is 15.9 Å². The van der Waals surface area contributed by atoms with Crippen molar-refractivity contribution in [1.82, 2.24) is 4.98 Å². The number of nitrogens with one attached hydrogen (secondary N) is 1. The number of carboxylic acid groups (broad SMARTS) is 1. The Balaban J connectivity index is 2.30. The lowest BCUT2D eigenvalue weighted by Gasteiger charge is -2.08. The molecule has 1 aromatic heterocycles. The lowest BCUT2D eigenvalue weighted by Crippen LogP contribution is -2.01. The highest BCUT2D eigenvalue weighted by Gasteiger charge is 2.10. The molecule has 0 aliphatic carbocycles. The standard InChI is InChI=1S/C13H10Cl2N2O2/c1-7-2-3-8(4-10(7)14)17-12-5-9(13(18)19)11(15)6-16-12/h2-6H,1H3,(H,16,17)(H,18,19). The lowest BCUT2D eigenvalue weighted by atomic mass is 10.2. The minimum Gasteiger partial charge on any atom is -0.478 e. The van der Waals surface area contributed by atoms with E-state index >= 15 is 0 Å². The number of pyridine rings is 1. The Morgan fingerprint density at radius 1 is 1.26 bits per heavy atom. The molecule has 6 heteroatoms. The van der Waals surface area contributed by atoms with Crippen molar-refractivity contribution in [1.29, 1.82) is 0 Å². The number of carboxylic acids is 1. The zero-order valence-corrected chi connectivity index (χ0v) is 11.5. The number of rotatable bonds is 3. The van der Waals surface area contributed by atoms with E-state index in [0.29, 0.717) is 10.8 Å². The van der Waals surface area contributed by atoms with Gasteiger partial charge in [-0.1, -0.05) is 29.3 Å². The number of carbonyl (C=O) groups is 1. The van der Waals surface area contributed by atoms with Gasteiger partial charge in [-0.05, 0) is 30.7 Å². The number of nitrogens with zero attached hydrogens (tertiary/aromatic N) is 1. The minimum atomic E-state index is -1.10. The molecule has 0 spiro atoms. The van der Waals surface area contributed by atoms with Crippen molar-refractivity contribution in [2.45, 2.75) is 6.92 Å². The molecule has 1 aromatic carbocycles. The van der Waals surface area contributed by atoms with Crippen LogP contribution in [0, 0.1) is 6.92 Å². The van der Waals surface area contributed by atoms with Crippen LogP contribution in [-0.4, -0.2) is 16.1 Å². The van der Waals surface area contributed by atoms with Gasteiger partial charge in [0.05, 0.1) is 10.6 Å². The number of halogens is 2. The molecule has 0 aliphatic heterocycles. The van der Waals surface area contributed by atoms with Gasteiger partial charge in [0.25, 0.3) is 0 Å². The average Bonchev–Trinajstić information content (AvgIpc) is 2.36. The van der Waals surface area contributed by atoms with E-state index in [1.54, 1.807) is 6.07 Å². The summed E-state index contributed by atoms with van der Waals surface area (Å²) in [4.78, 5) is 15.0. The van der Waals surface area contributed by atoms with Crippen LogP contribution in [0.15, 0.2) is 30.5 Å². The van der Waals surface area contributed by atoms with Crippen LogP contribution in [0.25, 0.3) is 0 Å². The molecule has 0 atom stereocenters. The third-order valence-electron chi connectivity index (χ3n) is 2.53. The van der Waals surface area contributed by atoms with Crippen LogP contribution in [0.3, 0.4) is 0 Å². The fourth-order valence-corrected chi connectivity index (χ4v) is 1.85. The molecule has 0 radical (unpaired) electrons. The Morgan fingerprint density at radius 2 is 2.00 bits per heavy atom. The summed E-state index contributed by atoms with van der Waals surface area (Å²) in [7, 11) is 0. The maximum Gasteiger partial charge on any atom is 0.337 e. The quantitative estimate of drug-likeness (QED) is 0.893. The molecule has 0 bridgehead atoms. The number of aryl methyl sites for hydroxylation is 1. The van der Waals surface area contributed by atoms with E-state index in [2.05, 4.69) is 10.3 Å². The Hall–Kier alpha value is -1.78. The molecule has 19 heavy (non-hydrogen) atoms. The summed E-state index contributed by atoms with van der Waals surface area (Å²) in [6.45, 7) is 1.90. The number of aromatic nitrogens is 1. The maximum atomic E-state index is 11.0. The first kappa shape index (κ1) is 13.6. The summed E-state index contributed by atoms with van der Waals surface area (Å²) in [5.74, 6) is -0.709. The number of anilines is 2. The summed E-state index contributed by atoms with van der Waals surface area (Å²) in [6, 6.07) is 6.81. The van der Waals surface area contributed by atoms with Gasteiger partial charge in [0.1, 0.15) is 5.82 Å². The second kappa shape index (κ2) is 5.47. The van der Waals surface area contributed by atoms with E-state index in [1.807, 2.05) is 19.1 Å². The predicted molar refractivity (Wildman–Crippen MR) is 75.7 cm³/mol. The van der Waals surface area contributed by atoms with Crippen molar-refractivity contribution in [3.8, 4) is 0 Å². The molecule has 0 saturated carbocycles. The second-order valence-electron chi connectivity index (χ2n) is 3.94. The molecular formula is C13H10Cl2N2O2. The monoisotopic (exact) mass is 296 g/mol. The van der Waals surface area contributed by atoms with Gasteiger partial charge < -0.3 is 10.4 Å². The molecule has 0 saturated heterocycles. The molecule has 4 nitrogen and oxygen atoms in total. The van der Waals surface area contributed by atoms with Crippen LogP contribution in [0.4, 0.5) is 11.5 Å². The van der Waals surface area contributed by atoms with Gasteiger partial charge in [-0.15, -0.1) is 0 Å². The van der Waals surface area contributed by atoms with Crippen molar-refractivity contribution < 1.29 is 9.90 Å². The summed E-state index contributed by atoms with van der Waals surface area (Å²) in [5.41, 5.74) is 1.68. The molecule has 1 heterocycles. The molecule has 2 N–H and O–H groups in total. The van der Waals surface area contributed by atoms with Crippen molar-refractivity contribution in [2.24, 2.45) is 0 Å². The largest absolute Gasteiger partial charge is 0.478 e. The molecule has 0 unspecified atom stereocenters.